The molecule has 0 aromatic heterocycles. The minimum absolute atomic E-state index is 0.106. The van der Waals surface area contributed by atoms with E-state index in [4.69, 9.17) is 35.8 Å². The van der Waals surface area contributed by atoms with E-state index in [0.29, 0.717) is 21.3 Å². The van der Waals surface area contributed by atoms with Crippen molar-refractivity contribution >= 4 is 59.2 Å². The average Bonchev–Trinajstić information content (AvgIpc) is 3.00. The molecule has 1 amide bonds. The monoisotopic (exact) mass is 456 g/mol. The Morgan fingerprint density at radius 3 is 2.07 bits per heavy atom. The van der Waals surface area contributed by atoms with Crippen molar-refractivity contribution in [3.05, 3.63) is 94.5 Å². The molecule has 30 heavy (non-hydrogen) atoms. The van der Waals surface area contributed by atoms with Crippen molar-refractivity contribution in [3.63, 3.8) is 0 Å². The second-order valence-electron chi connectivity index (χ2n) is 6.84. The normalized spacial score (nSPS) is 18.7. The van der Waals surface area contributed by atoms with Gasteiger partial charge in [0.25, 0.3) is 5.91 Å². The van der Waals surface area contributed by atoms with Crippen molar-refractivity contribution in [2.75, 3.05) is 9.80 Å². The third-order valence-corrected chi connectivity index (χ3v) is 6.03. The number of hydrogen-bond acceptors (Lipinski definition) is 4. The first-order valence-corrected chi connectivity index (χ1v) is 10.4. The van der Waals surface area contributed by atoms with Gasteiger partial charge in [-0.05, 0) is 66.2 Å². The van der Waals surface area contributed by atoms with Gasteiger partial charge in [-0.15, -0.1) is 12.6 Å². The van der Waals surface area contributed by atoms with Gasteiger partial charge in [-0.25, -0.2) is 0 Å². The quantitative estimate of drug-likeness (QED) is 0.462. The van der Waals surface area contributed by atoms with Gasteiger partial charge in [-0.3, -0.25) is 9.69 Å². The Labute approximate surface area is 190 Å². The summed E-state index contributed by atoms with van der Waals surface area (Å²) in [6, 6.07) is 18.7. The Balaban J connectivity index is 1.85. The second-order valence-corrected chi connectivity index (χ2v) is 8.17. The van der Waals surface area contributed by atoms with Gasteiger partial charge >= 0.3 is 0 Å². The van der Waals surface area contributed by atoms with Crippen molar-refractivity contribution < 1.29 is 9.90 Å². The number of amides is 1. The summed E-state index contributed by atoms with van der Waals surface area (Å²) in [5.74, 6) is -0.0396. The van der Waals surface area contributed by atoms with Gasteiger partial charge in [0, 0.05) is 27.0 Å². The van der Waals surface area contributed by atoms with E-state index in [1.165, 1.54) is 0 Å². The SMILES string of the molecule is C=Cc1cc(C2C(=O)N(c3ccc(Cl)cc3)C(S)N2c2ccc(Cl)cc2)ccc1O. The van der Waals surface area contributed by atoms with Gasteiger partial charge in [0.1, 0.15) is 11.8 Å². The molecule has 2 unspecified atom stereocenters. The minimum Gasteiger partial charge on any atom is -0.507 e. The van der Waals surface area contributed by atoms with Gasteiger partial charge < -0.3 is 10.0 Å². The van der Waals surface area contributed by atoms with Crippen LogP contribution < -0.4 is 9.80 Å². The predicted octanol–water partition coefficient (Wildman–Crippen LogP) is 6.15. The number of halogens is 2. The van der Waals surface area contributed by atoms with Gasteiger partial charge in [-0.2, -0.15) is 0 Å². The molecule has 3 aromatic carbocycles. The standard InChI is InChI=1S/C23H18Cl2N2O2S/c1-2-14-13-15(3-12-20(14)28)21-22(29)27(19-10-6-17(25)7-11-19)23(30)26(21)18-8-4-16(24)5-9-18/h2-13,21,23,28,30H,1H2. The first-order chi connectivity index (χ1) is 14.4. The van der Waals surface area contributed by atoms with Crippen LogP contribution in [0.5, 0.6) is 5.75 Å². The van der Waals surface area contributed by atoms with Gasteiger partial charge in [0.15, 0.2) is 5.50 Å². The molecule has 152 valence electrons. The van der Waals surface area contributed by atoms with Crippen LogP contribution in [0.3, 0.4) is 0 Å². The van der Waals surface area contributed by atoms with E-state index in [1.807, 2.05) is 17.0 Å². The lowest BCUT2D eigenvalue weighted by molar-refractivity contribution is -0.118. The molecule has 1 aliphatic rings. The van der Waals surface area contributed by atoms with E-state index in [1.54, 1.807) is 65.6 Å². The van der Waals surface area contributed by atoms with E-state index in [9.17, 15) is 9.90 Å². The Morgan fingerprint density at radius 2 is 1.50 bits per heavy atom. The van der Waals surface area contributed by atoms with Crippen LogP contribution in [0.25, 0.3) is 6.08 Å². The molecule has 0 saturated carbocycles. The van der Waals surface area contributed by atoms with Crippen molar-refractivity contribution in [2.24, 2.45) is 0 Å². The number of anilines is 2. The Kier molecular flexibility index (Phi) is 5.69. The Morgan fingerprint density at radius 1 is 0.933 bits per heavy atom. The molecular weight excluding hydrogens is 439 g/mol. The summed E-state index contributed by atoms with van der Waals surface area (Å²) in [5.41, 5.74) is 2.19. The molecule has 7 heteroatoms. The largest absolute Gasteiger partial charge is 0.507 e. The summed E-state index contributed by atoms with van der Waals surface area (Å²) in [4.78, 5) is 17.2. The molecule has 0 spiro atoms. The zero-order chi connectivity index (χ0) is 21.4. The Bertz CT molecular complexity index is 1100. The van der Waals surface area contributed by atoms with E-state index in [-0.39, 0.29) is 11.7 Å². The number of phenolic OH excluding ortho intramolecular Hbond substituents is 1. The average molecular weight is 457 g/mol. The van der Waals surface area contributed by atoms with Gasteiger partial charge in [0.05, 0.1) is 0 Å². The zero-order valence-electron chi connectivity index (χ0n) is 15.7. The fraction of sp³-hybridized carbons (Fsp3) is 0.0870. The van der Waals surface area contributed by atoms with Crippen molar-refractivity contribution in [1.29, 1.82) is 0 Å². The third-order valence-electron chi connectivity index (χ3n) is 5.05. The molecule has 3 aromatic rings. The first-order valence-electron chi connectivity index (χ1n) is 9.16. The van der Waals surface area contributed by atoms with E-state index in [2.05, 4.69) is 6.58 Å². The van der Waals surface area contributed by atoms with Crippen LogP contribution in [-0.2, 0) is 4.79 Å². The molecule has 1 N–H and O–H groups in total. The molecule has 0 radical (unpaired) electrons. The molecule has 4 nitrogen and oxygen atoms in total. The number of carbonyl (C=O) groups is 1. The number of benzene rings is 3. The minimum atomic E-state index is -0.649. The van der Waals surface area contributed by atoms with Crippen molar-refractivity contribution in [2.45, 2.75) is 11.5 Å². The van der Waals surface area contributed by atoms with Gasteiger partial charge in [-0.1, -0.05) is 41.9 Å². The number of thiol groups is 1. The molecule has 1 heterocycles. The highest BCUT2D eigenvalue weighted by Crippen LogP contribution is 2.42. The van der Waals surface area contributed by atoms with Crippen LogP contribution in [0.2, 0.25) is 10.0 Å². The molecule has 1 aliphatic heterocycles. The van der Waals surface area contributed by atoms with Crippen LogP contribution >= 0.6 is 35.8 Å². The maximum Gasteiger partial charge on any atom is 0.256 e. The molecule has 0 aliphatic carbocycles. The highest BCUT2D eigenvalue weighted by molar-refractivity contribution is 7.81. The van der Waals surface area contributed by atoms with E-state index >= 15 is 0 Å². The topological polar surface area (TPSA) is 43.8 Å². The number of aromatic hydroxyl groups is 1. The molecule has 0 bridgehead atoms. The van der Waals surface area contributed by atoms with Gasteiger partial charge in [0.2, 0.25) is 0 Å². The molecule has 1 saturated heterocycles. The summed E-state index contributed by atoms with van der Waals surface area (Å²) < 4.78 is 0. The maximum atomic E-state index is 13.6. The fourth-order valence-electron chi connectivity index (χ4n) is 3.59. The predicted molar refractivity (Wildman–Crippen MR) is 127 cm³/mol. The van der Waals surface area contributed by atoms with E-state index < -0.39 is 11.5 Å². The Hall–Kier alpha value is -2.60. The molecule has 4 rings (SSSR count). The summed E-state index contributed by atoms with van der Waals surface area (Å²) in [6.07, 6.45) is 1.56. The third kappa shape index (κ3) is 3.65. The molecular formula is C23H18Cl2N2O2S. The maximum absolute atomic E-state index is 13.6. The first kappa shape index (κ1) is 20.7. The van der Waals surface area contributed by atoms with Crippen molar-refractivity contribution in [3.8, 4) is 5.75 Å². The summed E-state index contributed by atoms with van der Waals surface area (Å²) >= 11 is 16.9. The number of phenols is 1. The fourth-order valence-corrected chi connectivity index (χ4v) is 4.36. The van der Waals surface area contributed by atoms with Crippen LogP contribution in [0.4, 0.5) is 11.4 Å². The summed E-state index contributed by atoms with van der Waals surface area (Å²) in [5, 5.41) is 11.2. The number of hydrogen-bond donors (Lipinski definition) is 2. The lowest BCUT2D eigenvalue weighted by atomic mass is 10.0. The lowest BCUT2D eigenvalue weighted by Crippen LogP contribution is -2.35. The smallest absolute Gasteiger partial charge is 0.256 e. The summed E-state index contributed by atoms with van der Waals surface area (Å²) in [7, 11) is 0. The lowest BCUT2D eigenvalue weighted by Gasteiger charge is -2.30. The highest BCUT2D eigenvalue weighted by atomic mass is 35.5. The van der Waals surface area contributed by atoms with Crippen molar-refractivity contribution in [1.82, 2.24) is 0 Å². The van der Waals surface area contributed by atoms with E-state index in [0.717, 1.165) is 11.3 Å². The van der Waals surface area contributed by atoms with Crippen LogP contribution in [0.1, 0.15) is 17.2 Å². The second kappa shape index (κ2) is 8.26. The number of rotatable bonds is 4. The van der Waals surface area contributed by atoms with Crippen LogP contribution in [-0.4, -0.2) is 16.5 Å². The van der Waals surface area contributed by atoms with Crippen LogP contribution in [0, 0.1) is 0 Å². The zero-order valence-corrected chi connectivity index (χ0v) is 18.1. The number of carbonyl (C=O) groups excluding carboxylic acids is 1. The van der Waals surface area contributed by atoms with Crippen LogP contribution in [0.15, 0.2) is 73.3 Å². The molecule has 2 atom stereocenters. The summed E-state index contributed by atoms with van der Waals surface area (Å²) in [6.45, 7) is 3.74. The molecule has 1 fully saturated rings. The number of nitrogens with zero attached hydrogens (tertiary/aromatic N) is 2. The highest BCUT2D eigenvalue weighted by Gasteiger charge is 2.46.